The highest BCUT2D eigenvalue weighted by molar-refractivity contribution is 6.00. The summed E-state index contributed by atoms with van der Waals surface area (Å²) in [6.07, 6.45) is 2.13. The highest BCUT2D eigenvalue weighted by atomic mass is 16.5. The van der Waals surface area contributed by atoms with Crippen molar-refractivity contribution >= 4 is 11.7 Å². The average Bonchev–Trinajstić information content (AvgIpc) is 3.42. The number of Topliss-reactive ketones (excluding diaryl/α,β-unsaturated/α-hetero) is 1. The van der Waals surface area contributed by atoms with Crippen molar-refractivity contribution in [2.24, 2.45) is 17.8 Å². The summed E-state index contributed by atoms with van der Waals surface area (Å²) in [5.74, 6) is 2.43. The molecular formula is C24H25NO5. The maximum absolute atomic E-state index is 12.9. The molecule has 2 fully saturated rings. The fraction of sp³-hybridized carbons (Fsp3) is 0.417. The molecule has 0 saturated heterocycles. The average molecular weight is 407 g/mol. The lowest BCUT2D eigenvalue weighted by Gasteiger charge is -2.37. The number of hydrogen-bond donors (Lipinski definition) is 1. The van der Waals surface area contributed by atoms with E-state index in [1.807, 2.05) is 42.5 Å². The third kappa shape index (κ3) is 2.93. The van der Waals surface area contributed by atoms with Gasteiger partial charge in [0.1, 0.15) is 11.4 Å². The molecule has 1 heterocycles. The summed E-state index contributed by atoms with van der Waals surface area (Å²) in [6.45, 7) is 0.421. The van der Waals surface area contributed by atoms with Crippen LogP contribution in [0.15, 0.2) is 42.5 Å². The molecule has 1 amide bonds. The first kappa shape index (κ1) is 19.0. The lowest BCUT2D eigenvalue weighted by molar-refractivity contribution is -0.124. The second-order valence-electron chi connectivity index (χ2n) is 8.42. The number of benzene rings is 2. The van der Waals surface area contributed by atoms with Gasteiger partial charge < -0.3 is 19.5 Å². The van der Waals surface area contributed by atoms with Gasteiger partial charge in [0.25, 0.3) is 0 Å². The zero-order chi connectivity index (χ0) is 20.9. The summed E-state index contributed by atoms with van der Waals surface area (Å²) in [7, 11) is 3.19. The molecule has 2 aliphatic carbocycles. The summed E-state index contributed by atoms with van der Waals surface area (Å²) >= 11 is 0. The summed E-state index contributed by atoms with van der Waals surface area (Å²) in [5, 5.41) is 3.05. The van der Waals surface area contributed by atoms with Crippen LogP contribution in [0.1, 0.15) is 35.2 Å². The Balaban J connectivity index is 1.27. The molecule has 2 aromatic carbocycles. The molecule has 1 N–H and O–H groups in total. The first-order valence-corrected chi connectivity index (χ1v) is 10.4. The number of nitrogens with one attached hydrogen (secondary N) is 1. The first-order chi connectivity index (χ1) is 14.6. The van der Waals surface area contributed by atoms with Crippen molar-refractivity contribution in [2.45, 2.75) is 31.4 Å². The molecule has 6 nitrogen and oxygen atoms in total. The molecule has 2 aromatic rings. The van der Waals surface area contributed by atoms with Crippen molar-refractivity contribution in [3.63, 3.8) is 0 Å². The van der Waals surface area contributed by atoms with Crippen LogP contribution in [-0.2, 0) is 11.3 Å². The maximum atomic E-state index is 12.9. The van der Waals surface area contributed by atoms with Gasteiger partial charge in [0, 0.05) is 18.4 Å². The van der Waals surface area contributed by atoms with Gasteiger partial charge in [0.2, 0.25) is 5.91 Å². The molecule has 156 valence electrons. The summed E-state index contributed by atoms with van der Waals surface area (Å²) < 4.78 is 17.0. The zero-order valence-corrected chi connectivity index (χ0v) is 17.1. The molecule has 30 heavy (non-hydrogen) atoms. The van der Waals surface area contributed by atoms with Crippen molar-refractivity contribution in [3.8, 4) is 17.2 Å². The number of hydrogen-bond acceptors (Lipinski definition) is 5. The summed E-state index contributed by atoms with van der Waals surface area (Å²) in [5.41, 5.74) is 1.07. The first-order valence-electron chi connectivity index (χ1n) is 10.4. The largest absolute Gasteiger partial charge is 0.493 e. The Morgan fingerprint density at radius 2 is 1.97 bits per heavy atom. The van der Waals surface area contributed by atoms with Gasteiger partial charge in [-0.15, -0.1) is 0 Å². The lowest BCUT2D eigenvalue weighted by atomic mass is 9.84. The Bertz CT molecular complexity index is 1020. The van der Waals surface area contributed by atoms with E-state index in [9.17, 15) is 9.59 Å². The summed E-state index contributed by atoms with van der Waals surface area (Å²) in [6, 6.07) is 13.0. The topological polar surface area (TPSA) is 73.9 Å². The van der Waals surface area contributed by atoms with E-state index in [1.165, 1.54) is 0 Å². The molecule has 0 bridgehead atoms. The minimum absolute atomic E-state index is 0.0359. The Morgan fingerprint density at radius 3 is 2.77 bits per heavy atom. The highest BCUT2D eigenvalue weighted by Crippen LogP contribution is 2.65. The fourth-order valence-corrected chi connectivity index (χ4v) is 5.42. The lowest BCUT2D eigenvalue weighted by Crippen LogP contribution is -2.44. The monoisotopic (exact) mass is 407 g/mol. The zero-order valence-electron chi connectivity index (χ0n) is 17.1. The van der Waals surface area contributed by atoms with E-state index in [0.717, 1.165) is 18.4 Å². The van der Waals surface area contributed by atoms with Crippen LogP contribution in [0.4, 0.5) is 0 Å². The highest BCUT2D eigenvalue weighted by Gasteiger charge is 2.70. The third-order valence-corrected chi connectivity index (χ3v) is 6.85. The smallest absolute Gasteiger partial charge is 0.224 e. The Labute approximate surface area is 175 Å². The fourth-order valence-electron chi connectivity index (χ4n) is 5.42. The number of ether oxygens (including phenoxy) is 3. The van der Waals surface area contributed by atoms with Gasteiger partial charge in [-0.3, -0.25) is 9.59 Å². The number of carbonyl (C=O) groups excluding carboxylic acids is 2. The van der Waals surface area contributed by atoms with E-state index < -0.39 is 5.60 Å². The predicted molar refractivity (Wildman–Crippen MR) is 110 cm³/mol. The number of methoxy groups -OCH3 is 2. The van der Waals surface area contributed by atoms with Crippen LogP contribution in [-0.4, -0.2) is 31.5 Å². The molecule has 1 spiro atoms. The van der Waals surface area contributed by atoms with Crippen molar-refractivity contribution in [1.29, 1.82) is 0 Å². The molecule has 6 heteroatoms. The van der Waals surface area contributed by atoms with Gasteiger partial charge in [0.05, 0.1) is 26.2 Å². The van der Waals surface area contributed by atoms with Crippen LogP contribution in [0.25, 0.3) is 0 Å². The van der Waals surface area contributed by atoms with E-state index >= 15 is 0 Å². The summed E-state index contributed by atoms with van der Waals surface area (Å²) in [4.78, 5) is 25.6. The van der Waals surface area contributed by atoms with Crippen molar-refractivity contribution < 1.29 is 23.8 Å². The number of ketones is 1. The Kier molecular flexibility index (Phi) is 4.45. The van der Waals surface area contributed by atoms with Crippen molar-refractivity contribution in [1.82, 2.24) is 5.32 Å². The Hall–Kier alpha value is -3.02. The Morgan fingerprint density at radius 1 is 1.17 bits per heavy atom. The van der Waals surface area contributed by atoms with Crippen LogP contribution in [0.5, 0.6) is 17.2 Å². The molecule has 4 atom stereocenters. The van der Waals surface area contributed by atoms with Crippen LogP contribution in [0, 0.1) is 17.8 Å². The number of fused-ring (bicyclic) bond motifs is 3. The van der Waals surface area contributed by atoms with E-state index in [1.54, 1.807) is 14.2 Å². The second-order valence-corrected chi connectivity index (χ2v) is 8.42. The van der Waals surface area contributed by atoms with Crippen LogP contribution in [0.3, 0.4) is 0 Å². The van der Waals surface area contributed by atoms with Crippen molar-refractivity contribution in [2.75, 3.05) is 14.2 Å². The molecule has 2 saturated carbocycles. The quantitative estimate of drug-likeness (QED) is 0.823. The molecule has 0 radical (unpaired) electrons. The van der Waals surface area contributed by atoms with Gasteiger partial charge in [0.15, 0.2) is 17.3 Å². The maximum Gasteiger partial charge on any atom is 0.224 e. The van der Waals surface area contributed by atoms with Crippen LogP contribution < -0.4 is 19.5 Å². The number of amides is 1. The SMILES string of the molecule is COc1ccc(CNC(=O)[C@H]2[C@@H]3CC[C@@]4(CC(=O)c5ccccc5O4)[C@@H]32)cc1OC. The van der Waals surface area contributed by atoms with Gasteiger partial charge in [-0.25, -0.2) is 0 Å². The van der Waals surface area contributed by atoms with E-state index in [4.69, 9.17) is 14.2 Å². The third-order valence-electron chi connectivity index (χ3n) is 6.85. The number of carbonyl (C=O) groups is 2. The second kappa shape index (κ2) is 7.04. The number of rotatable bonds is 5. The van der Waals surface area contributed by atoms with Gasteiger partial charge in [-0.2, -0.15) is 0 Å². The van der Waals surface area contributed by atoms with Crippen LogP contribution >= 0.6 is 0 Å². The van der Waals surface area contributed by atoms with E-state index in [0.29, 0.717) is 41.7 Å². The normalized spacial score (nSPS) is 28.3. The molecule has 3 aliphatic rings. The molecule has 5 rings (SSSR count). The van der Waals surface area contributed by atoms with Crippen molar-refractivity contribution in [3.05, 3.63) is 53.6 Å². The van der Waals surface area contributed by atoms with Gasteiger partial charge in [-0.1, -0.05) is 18.2 Å². The minimum atomic E-state index is -0.526. The predicted octanol–water partition coefficient (Wildman–Crippen LogP) is 3.38. The molecule has 0 aromatic heterocycles. The molecule has 0 unspecified atom stereocenters. The van der Waals surface area contributed by atoms with Gasteiger partial charge >= 0.3 is 0 Å². The standard InChI is InChI=1S/C24H25NO5/c1-28-19-8-7-14(11-20(19)29-2)13-25-23(27)21-16-9-10-24(22(16)21)12-17(26)15-5-3-4-6-18(15)30-24/h3-8,11,16,21-22H,9-10,12-13H2,1-2H3,(H,25,27)/t16-,21-,22-,24+/m0/s1. The van der Waals surface area contributed by atoms with Gasteiger partial charge in [-0.05, 0) is 48.6 Å². The minimum Gasteiger partial charge on any atom is -0.493 e. The van der Waals surface area contributed by atoms with E-state index in [-0.39, 0.29) is 23.5 Å². The molecular weight excluding hydrogens is 382 g/mol. The molecule has 1 aliphatic heterocycles. The van der Waals surface area contributed by atoms with Crippen LogP contribution in [0.2, 0.25) is 0 Å². The van der Waals surface area contributed by atoms with E-state index in [2.05, 4.69) is 5.32 Å². The number of para-hydroxylation sites is 1.